The monoisotopic (exact) mass is 344 g/mol. The number of hydrogen-bond donors (Lipinski definition) is 3. The van der Waals surface area contributed by atoms with Gasteiger partial charge < -0.3 is 10.4 Å². The lowest BCUT2D eigenvalue weighted by Crippen LogP contribution is -2.45. The highest BCUT2D eigenvalue weighted by molar-refractivity contribution is 5.78. The smallest absolute Gasteiger partial charge is 0.396 e. The second-order valence-electron chi connectivity index (χ2n) is 6.23. The van der Waals surface area contributed by atoms with Crippen LogP contribution in [0, 0.1) is 5.92 Å². The van der Waals surface area contributed by atoms with Gasteiger partial charge in [-0.1, -0.05) is 30.3 Å². The largest absolute Gasteiger partial charge is 0.407 e. The van der Waals surface area contributed by atoms with Crippen molar-refractivity contribution in [1.82, 2.24) is 10.6 Å². The number of aliphatic hydroxyl groups is 1. The molecular weight excluding hydrogens is 321 g/mol. The Morgan fingerprint density at radius 1 is 1.17 bits per heavy atom. The SMILES string of the molecule is O=C(CNC(c1ccccc1)C(F)(F)F)NC1CCC(CO)CC1. The minimum absolute atomic E-state index is 0.0248. The van der Waals surface area contributed by atoms with E-state index < -0.39 is 18.1 Å². The van der Waals surface area contributed by atoms with Gasteiger partial charge >= 0.3 is 6.18 Å². The number of rotatable bonds is 6. The van der Waals surface area contributed by atoms with E-state index in [9.17, 15) is 18.0 Å². The number of carbonyl (C=O) groups is 1. The molecule has 24 heavy (non-hydrogen) atoms. The van der Waals surface area contributed by atoms with Crippen molar-refractivity contribution in [1.29, 1.82) is 0 Å². The van der Waals surface area contributed by atoms with Gasteiger partial charge in [0, 0.05) is 12.6 Å². The third kappa shape index (κ3) is 5.49. The zero-order chi connectivity index (χ0) is 17.6. The molecule has 1 amide bonds. The molecule has 1 atom stereocenters. The Bertz CT molecular complexity index is 514. The van der Waals surface area contributed by atoms with E-state index in [1.807, 2.05) is 0 Å². The number of benzene rings is 1. The summed E-state index contributed by atoms with van der Waals surface area (Å²) < 4.78 is 39.5. The topological polar surface area (TPSA) is 61.4 Å². The molecule has 1 aliphatic carbocycles. The maximum absolute atomic E-state index is 13.2. The molecule has 3 N–H and O–H groups in total. The molecule has 134 valence electrons. The van der Waals surface area contributed by atoms with Crippen molar-refractivity contribution in [2.75, 3.05) is 13.2 Å². The summed E-state index contributed by atoms with van der Waals surface area (Å²) >= 11 is 0. The molecule has 0 aliphatic heterocycles. The van der Waals surface area contributed by atoms with Gasteiger partial charge in [0.15, 0.2) is 0 Å². The first-order valence-corrected chi connectivity index (χ1v) is 8.15. The molecular formula is C17H23F3N2O2. The summed E-state index contributed by atoms with van der Waals surface area (Å²) in [5, 5.41) is 14.2. The van der Waals surface area contributed by atoms with Crippen molar-refractivity contribution < 1.29 is 23.1 Å². The van der Waals surface area contributed by atoms with Gasteiger partial charge in [-0.3, -0.25) is 10.1 Å². The maximum Gasteiger partial charge on any atom is 0.407 e. The normalized spacial score (nSPS) is 22.8. The molecule has 7 heteroatoms. The van der Waals surface area contributed by atoms with Crippen LogP contribution < -0.4 is 10.6 Å². The molecule has 2 rings (SSSR count). The predicted octanol–water partition coefficient (Wildman–Crippen LogP) is 2.55. The number of nitrogens with one attached hydrogen (secondary N) is 2. The van der Waals surface area contributed by atoms with Crippen LogP contribution in [0.5, 0.6) is 0 Å². The minimum Gasteiger partial charge on any atom is -0.396 e. The highest BCUT2D eigenvalue weighted by Crippen LogP contribution is 2.32. The number of carbonyl (C=O) groups excluding carboxylic acids is 1. The van der Waals surface area contributed by atoms with Gasteiger partial charge in [0.05, 0.1) is 6.54 Å². The fraction of sp³-hybridized carbons (Fsp3) is 0.588. The van der Waals surface area contributed by atoms with Crippen LogP contribution in [0.3, 0.4) is 0 Å². The molecule has 0 spiro atoms. The van der Waals surface area contributed by atoms with E-state index in [1.165, 1.54) is 24.3 Å². The van der Waals surface area contributed by atoms with Crippen LogP contribution in [0.1, 0.15) is 37.3 Å². The first-order chi connectivity index (χ1) is 11.4. The third-order valence-corrected chi connectivity index (χ3v) is 4.40. The summed E-state index contributed by atoms with van der Waals surface area (Å²) in [5.41, 5.74) is 0.0845. The lowest BCUT2D eigenvalue weighted by molar-refractivity contribution is -0.158. The van der Waals surface area contributed by atoms with Crippen molar-refractivity contribution in [2.24, 2.45) is 5.92 Å². The molecule has 1 aromatic rings. The fourth-order valence-electron chi connectivity index (χ4n) is 3.03. The molecule has 1 aliphatic rings. The Kier molecular flexibility index (Phi) is 6.62. The second-order valence-corrected chi connectivity index (χ2v) is 6.23. The Morgan fingerprint density at radius 3 is 2.33 bits per heavy atom. The highest BCUT2D eigenvalue weighted by atomic mass is 19.4. The first-order valence-electron chi connectivity index (χ1n) is 8.15. The van der Waals surface area contributed by atoms with E-state index in [1.54, 1.807) is 6.07 Å². The Labute approximate surface area is 139 Å². The van der Waals surface area contributed by atoms with E-state index >= 15 is 0 Å². The molecule has 1 aromatic carbocycles. The Balaban J connectivity index is 1.85. The van der Waals surface area contributed by atoms with Crippen LogP contribution in [0.2, 0.25) is 0 Å². The molecule has 0 aromatic heterocycles. The van der Waals surface area contributed by atoms with Crippen LogP contribution in [-0.4, -0.2) is 36.4 Å². The Morgan fingerprint density at radius 2 is 1.79 bits per heavy atom. The van der Waals surface area contributed by atoms with Crippen LogP contribution in [0.4, 0.5) is 13.2 Å². The van der Waals surface area contributed by atoms with E-state index in [0.717, 1.165) is 25.7 Å². The molecule has 1 fully saturated rings. The number of hydrogen-bond acceptors (Lipinski definition) is 3. The van der Waals surface area contributed by atoms with Gasteiger partial charge in [0.2, 0.25) is 5.91 Å². The van der Waals surface area contributed by atoms with Crippen LogP contribution >= 0.6 is 0 Å². The van der Waals surface area contributed by atoms with Crippen molar-refractivity contribution in [3.63, 3.8) is 0 Å². The van der Waals surface area contributed by atoms with E-state index in [4.69, 9.17) is 5.11 Å². The van der Waals surface area contributed by atoms with E-state index in [2.05, 4.69) is 10.6 Å². The zero-order valence-corrected chi connectivity index (χ0v) is 13.4. The van der Waals surface area contributed by atoms with Crippen molar-refractivity contribution in [3.05, 3.63) is 35.9 Å². The third-order valence-electron chi connectivity index (χ3n) is 4.40. The average Bonchev–Trinajstić information content (AvgIpc) is 2.55. The summed E-state index contributed by atoms with van der Waals surface area (Å²) in [6.07, 6.45) is -1.33. The maximum atomic E-state index is 13.2. The summed E-state index contributed by atoms with van der Waals surface area (Å²) in [5.74, 6) is -0.170. The number of alkyl halides is 3. The van der Waals surface area contributed by atoms with Gasteiger partial charge in [-0.15, -0.1) is 0 Å². The summed E-state index contributed by atoms with van der Waals surface area (Å²) in [7, 11) is 0. The predicted molar refractivity (Wildman–Crippen MR) is 84.2 cm³/mol. The van der Waals surface area contributed by atoms with Crippen LogP contribution in [0.15, 0.2) is 30.3 Å². The molecule has 0 saturated heterocycles. The average molecular weight is 344 g/mol. The molecule has 4 nitrogen and oxygen atoms in total. The van der Waals surface area contributed by atoms with Gasteiger partial charge in [0.1, 0.15) is 6.04 Å². The van der Waals surface area contributed by atoms with Gasteiger partial charge in [0.25, 0.3) is 0 Å². The second kappa shape index (κ2) is 8.48. The lowest BCUT2D eigenvalue weighted by Gasteiger charge is -2.28. The van der Waals surface area contributed by atoms with Crippen molar-refractivity contribution in [3.8, 4) is 0 Å². The van der Waals surface area contributed by atoms with E-state index in [0.29, 0.717) is 0 Å². The van der Waals surface area contributed by atoms with Gasteiger partial charge in [-0.05, 0) is 37.2 Å². The standard InChI is InChI=1S/C17H23F3N2O2/c18-17(19,20)16(13-4-2-1-3-5-13)21-10-15(24)22-14-8-6-12(11-23)7-9-14/h1-5,12,14,16,21,23H,6-11H2,(H,22,24). The molecule has 0 bridgehead atoms. The highest BCUT2D eigenvalue weighted by Gasteiger charge is 2.40. The number of amides is 1. The molecule has 0 radical (unpaired) electrons. The van der Waals surface area contributed by atoms with Crippen molar-refractivity contribution >= 4 is 5.91 Å². The van der Waals surface area contributed by atoms with Gasteiger partial charge in [-0.2, -0.15) is 13.2 Å². The number of halogens is 3. The van der Waals surface area contributed by atoms with Crippen LogP contribution in [-0.2, 0) is 4.79 Å². The summed E-state index contributed by atoms with van der Waals surface area (Å²) in [4.78, 5) is 11.9. The number of aliphatic hydroxyl groups excluding tert-OH is 1. The van der Waals surface area contributed by atoms with Crippen LogP contribution in [0.25, 0.3) is 0 Å². The van der Waals surface area contributed by atoms with Gasteiger partial charge in [-0.25, -0.2) is 0 Å². The molecule has 1 unspecified atom stereocenters. The summed E-state index contributed by atoms with van der Waals surface area (Å²) in [6.45, 7) is -0.244. The van der Waals surface area contributed by atoms with Crippen molar-refractivity contribution in [2.45, 2.75) is 43.9 Å². The summed E-state index contributed by atoms with van der Waals surface area (Å²) in [6, 6.07) is 5.60. The fourth-order valence-corrected chi connectivity index (χ4v) is 3.03. The molecule has 1 saturated carbocycles. The zero-order valence-electron chi connectivity index (χ0n) is 13.4. The first kappa shape index (κ1) is 18.7. The minimum atomic E-state index is -4.47. The Hall–Kier alpha value is -1.60. The quantitative estimate of drug-likeness (QED) is 0.743. The van der Waals surface area contributed by atoms with E-state index in [-0.39, 0.29) is 30.7 Å². The lowest BCUT2D eigenvalue weighted by atomic mass is 9.86. The molecule has 0 heterocycles.